The SMILES string of the molecule is CCC(Nc1ccc(S(N)(=O)=O)cc1)C1CCCCC1. The summed E-state index contributed by atoms with van der Waals surface area (Å²) in [6, 6.07) is 7.18. The fraction of sp³-hybridized carbons (Fsp3) is 0.600. The zero-order chi connectivity index (χ0) is 14.6. The molecule has 1 aliphatic rings. The predicted molar refractivity (Wildman–Crippen MR) is 82.1 cm³/mol. The van der Waals surface area contributed by atoms with Crippen LogP contribution < -0.4 is 10.5 Å². The van der Waals surface area contributed by atoms with Crippen LogP contribution in [0.2, 0.25) is 0 Å². The first-order valence-corrected chi connectivity index (χ1v) is 8.94. The van der Waals surface area contributed by atoms with Gasteiger partial charge in [0.2, 0.25) is 10.0 Å². The molecule has 0 radical (unpaired) electrons. The lowest BCUT2D eigenvalue weighted by Crippen LogP contribution is -2.30. The molecule has 1 aromatic carbocycles. The number of hydrogen-bond donors (Lipinski definition) is 2. The lowest BCUT2D eigenvalue weighted by Gasteiger charge is -2.31. The van der Waals surface area contributed by atoms with Crippen LogP contribution in [0.25, 0.3) is 0 Å². The number of hydrogen-bond acceptors (Lipinski definition) is 3. The molecule has 112 valence electrons. The lowest BCUT2D eigenvalue weighted by molar-refractivity contribution is 0.313. The molecular formula is C15H24N2O2S. The predicted octanol–water partition coefficient (Wildman–Crippen LogP) is 3.10. The number of benzene rings is 1. The van der Waals surface area contributed by atoms with Gasteiger partial charge in [-0.05, 0) is 49.4 Å². The van der Waals surface area contributed by atoms with Crippen molar-refractivity contribution < 1.29 is 8.42 Å². The van der Waals surface area contributed by atoms with Crippen molar-refractivity contribution in [1.29, 1.82) is 0 Å². The third kappa shape index (κ3) is 3.96. The third-order valence-corrected chi connectivity index (χ3v) is 5.12. The molecule has 0 saturated heterocycles. The second-order valence-electron chi connectivity index (χ2n) is 5.63. The van der Waals surface area contributed by atoms with Gasteiger partial charge in [-0.25, -0.2) is 13.6 Å². The van der Waals surface area contributed by atoms with E-state index in [1.54, 1.807) is 24.3 Å². The highest BCUT2D eigenvalue weighted by atomic mass is 32.2. The van der Waals surface area contributed by atoms with E-state index in [2.05, 4.69) is 12.2 Å². The van der Waals surface area contributed by atoms with Gasteiger partial charge in [-0.1, -0.05) is 26.2 Å². The fourth-order valence-electron chi connectivity index (χ4n) is 3.04. The van der Waals surface area contributed by atoms with Crippen molar-refractivity contribution >= 4 is 15.7 Å². The number of nitrogens with two attached hydrogens (primary N) is 1. The zero-order valence-corrected chi connectivity index (χ0v) is 12.8. The summed E-state index contributed by atoms with van der Waals surface area (Å²) in [6.45, 7) is 2.20. The van der Waals surface area contributed by atoms with Crippen molar-refractivity contribution in [2.75, 3.05) is 5.32 Å². The van der Waals surface area contributed by atoms with Crippen molar-refractivity contribution in [3.8, 4) is 0 Å². The Balaban J connectivity index is 2.04. The summed E-state index contributed by atoms with van der Waals surface area (Å²) in [5.41, 5.74) is 0.967. The van der Waals surface area contributed by atoms with Crippen LogP contribution in [0.5, 0.6) is 0 Å². The van der Waals surface area contributed by atoms with E-state index in [0.29, 0.717) is 6.04 Å². The van der Waals surface area contributed by atoms with E-state index in [1.165, 1.54) is 32.1 Å². The molecule has 0 heterocycles. The number of nitrogens with one attached hydrogen (secondary N) is 1. The number of primary sulfonamides is 1. The minimum atomic E-state index is -3.60. The van der Waals surface area contributed by atoms with Crippen molar-refractivity contribution in [2.24, 2.45) is 11.1 Å². The first kappa shape index (κ1) is 15.3. The topological polar surface area (TPSA) is 72.2 Å². The summed E-state index contributed by atoms with van der Waals surface area (Å²) in [6.07, 6.45) is 7.68. The van der Waals surface area contributed by atoms with E-state index in [-0.39, 0.29) is 4.90 Å². The van der Waals surface area contributed by atoms with Gasteiger partial charge in [-0.15, -0.1) is 0 Å². The average Bonchev–Trinajstić information content (AvgIpc) is 2.45. The normalized spacial score (nSPS) is 18.7. The average molecular weight is 296 g/mol. The maximum Gasteiger partial charge on any atom is 0.238 e. The Morgan fingerprint density at radius 2 is 1.80 bits per heavy atom. The molecule has 1 atom stereocenters. The van der Waals surface area contributed by atoms with Gasteiger partial charge >= 0.3 is 0 Å². The van der Waals surface area contributed by atoms with Crippen molar-refractivity contribution in [2.45, 2.75) is 56.4 Å². The Hall–Kier alpha value is -1.07. The summed E-state index contributed by atoms with van der Waals surface area (Å²) in [5, 5.41) is 8.64. The molecule has 1 aliphatic carbocycles. The molecule has 1 unspecified atom stereocenters. The van der Waals surface area contributed by atoms with E-state index >= 15 is 0 Å². The van der Waals surface area contributed by atoms with Crippen LogP contribution in [0.3, 0.4) is 0 Å². The molecule has 0 bridgehead atoms. The van der Waals surface area contributed by atoms with E-state index in [1.807, 2.05) is 0 Å². The fourth-order valence-corrected chi connectivity index (χ4v) is 3.56. The molecule has 0 aliphatic heterocycles. The summed E-state index contributed by atoms with van der Waals surface area (Å²) < 4.78 is 22.5. The number of rotatable bonds is 5. The van der Waals surface area contributed by atoms with E-state index in [4.69, 9.17) is 5.14 Å². The first-order valence-electron chi connectivity index (χ1n) is 7.40. The minimum Gasteiger partial charge on any atom is -0.382 e. The quantitative estimate of drug-likeness (QED) is 0.877. The molecule has 1 fully saturated rings. The second-order valence-corrected chi connectivity index (χ2v) is 7.19. The molecule has 1 saturated carbocycles. The highest BCUT2D eigenvalue weighted by Crippen LogP contribution is 2.29. The maximum atomic E-state index is 11.2. The highest BCUT2D eigenvalue weighted by Gasteiger charge is 2.22. The van der Waals surface area contributed by atoms with Crippen LogP contribution in [0.15, 0.2) is 29.2 Å². The smallest absolute Gasteiger partial charge is 0.238 e. The molecular weight excluding hydrogens is 272 g/mol. The van der Waals surface area contributed by atoms with Crippen molar-refractivity contribution in [1.82, 2.24) is 0 Å². The Labute approximate surface area is 121 Å². The van der Waals surface area contributed by atoms with Gasteiger partial charge in [0.05, 0.1) is 4.90 Å². The molecule has 1 aromatic rings. The van der Waals surface area contributed by atoms with Crippen LogP contribution in [0.4, 0.5) is 5.69 Å². The monoisotopic (exact) mass is 296 g/mol. The Morgan fingerprint density at radius 3 is 2.30 bits per heavy atom. The largest absolute Gasteiger partial charge is 0.382 e. The van der Waals surface area contributed by atoms with Gasteiger partial charge in [0.1, 0.15) is 0 Å². The van der Waals surface area contributed by atoms with E-state index in [9.17, 15) is 8.42 Å². The maximum absolute atomic E-state index is 11.2. The Bertz CT molecular complexity index is 519. The van der Waals surface area contributed by atoms with Crippen LogP contribution in [-0.2, 0) is 10.0 Å². The van der Waals surface area contributed by atoms with Gasteiger partial charge in [-0.3, -0.25) is 0 Å². The van der Waals surface area contributed by atoms with Gasteiger partial charge in [0, 0.05) is 11.7 Å². The van der Waals surface area contributed by atoms with E-state index < -0.39 is 10.0 Å². The second kappa shape index (κ2) is 6.59. The Morgan fingerprint density at radius 1 is 1.20 bits per heavy atom. The zero-order valence-electron chi connectivity index (χ0n) is 12.0. The van der Waals surface area contributed by atoms with Gasteiger partial charge in [0.25, 0.3) is 0 Å². The molecule has 2 rings (SSSR count). The molecule has 0 amide bonds. The molecule has 4 nitrogen and oxygen atoms in total. The summed E-state index contributed by atoms with van der Waals surface area (Å²) in [5.74, 6) is 0.728. The summed E-state index contributed by atoms with van der Waals surface area (Å²) in [4.78, 5) is 0.161. The summed E-state index contributed by atoms with van der Waals surface area (Å²) >= 11 is 0. The Kier molecular flexibility index (Phi) is 5.05. The standard InChI is InChI=1S/C15H24N2O2S/c1-2-15(12-6-4-3-5-7-12)17-13-8-10-14(11-9-13)20(16,18)19/h8-12,15,17H,2-7H2,1H3,(H2,16,18,19). The van der Waals surface area contributed by atoms with Crippen molar-refractivity contribution in [3.63, 3.8) is 0 Å². The lowest BCUT2D eigenvalue weighted by atomic mass is 9.83. The molecule has 0 aromatic heterocycles. The van der Waals surface area contributed by atoms with Crippen LogP contribution >= 0.6 is 0 Å². The summed E-state index contributed by atoms with van der Waals surface area (Å²) in [7, 11) is -3.60. The van der Waals surface area contributed by atoms with Crippen LogP contribution in [0.1, 0.15) is 45.4 Å². The van der Waals surface area contributed by atoms with E-state index in [0.717, 1.165) is 18.0 Å². The van der Waals surface area contributed by atoms with Gasteiger partial charge < -0.3 is 5.32 Å². The number of sulfonamides is 1. The van der Waals surface area contributed by atoms with Gasteiger partial charge in [-0.2, -0.15) is 0 Å². The number of anilines is 1. The van der Waals surface area contributed by atoms with Crippen molar-refractivity contribution in [3.05, 3.63) is 24.3 Å². The van der Waals surface area contributed by atoms with Crippen LogP contribution in [-0.4, -0.2) is 14.5 Å². The molecule has 0 spiro atoms. The first-order chi connectivity index (χ1) is 9.50. The molecule has 5 heteroatoms. The van der Waals surface area contributed by atoms with Gasteiger partial charge in [0.15, 0.2) is 0 Å². The third-order valence-electron chi connectivity index (χ3n) is 4.19. The molecule has 3 N–H and O–H groups in total. The minimum absolute atomic E-state index is 0.161. The molecule has 20 heavy (non-hydrogen) atoms. The van der Waals surface area contributed by atoms with Crippen LogP contribution in [0, 0.1) is 5.92 Å². The highest BCUT2D eigenvalue weighted by molar-refractivity contribution is 7.89.